The van der Waals surface area contributed by atoms with Gasteiger partial charge in [0.15, 0.2) is 0 Å². The van der Waals surface area contributed by atoms with Gasteiger partial charge in [-0.2, -0.15) is 0 Å². The highest BCUT2D eigenvalue weighted by Gasteiger charge is 2.22. The third-order valence-electron chi connectivity index (χ3n) is 12.0. The first-order chi connectivity index (χ1) is 29.2. The Bertz CT molecular complexity index is 3700. The lowest BCUT2D eigenvalue weighted by molar-refractivity contribution is 0.669. The zero-order chi connectivity index (χ0) is 38.6. The molecule has 4 aromatic heterocycles. The maximum absolute atomic E-state index is 6.66. The minimum Gasteiger partial charge on any atom is -0.456 e. The van der Waals surface area contributed by atoms with Gasteiger partial charge >= 0.3 is 0 Å². The predicted octanol–water partition coefficient (Wildman–Crippen LogP) is 16.1. The maximum atomic E-state index is 6.66. The minimum absolute atomic E-state index is 0.841. The van der Waals surface area contributed by atoms with Gasteiger partial charge in [0.25, 0.3) is 0 Å². The number of furan rings is 2. The molecule has 0 aliphatic rings. The lowest BCUT2D eigenvalue weighted by Gasteiger charge is -2.26. The smallest absolute Gasteiger partial charge is 0.137 e. The van der Waals surface area contributed by atoms with Crippen LogP contribution in [0.3, 0.4) is 0 Å². The van der Waals surface area contributed by atoms with Crippen molar-refractivity contribution in [2.75, 3.05) is 4.90 Å². The van der Waals surface area contributed by atoms with Crippen molar-refractivity contribution in [3.8, 4) is 16.8 Å². The molecule has 0 aliphatic heterocycles. The van der Waals surface area contributed by atoms with Crippen LogP contribution in [-0.2, 0) is 0 Å². The fourth-order valence-electron chi connectivity index (χ4n) is 9.32. The van der Waals surface area contributed by atoms with Crippen LogP contribution in [0.25, 0.3) is 103 Å². The third kappa shape index (κ3) is 4.89. The van der Waals surface area contributed by atoms with Crippen LogP contribution in [0.1, 0.15) is 0 Å². The minimum atomic E-state index is 0.841. The lowest BCUT2D eigenvalue weighted by Crippen LogP contribution is -2.10. The van der Waals surface area contributed by atoms with Crippen LogP contribution in [0.2, 0.25) is 0 Å². The second-order valence-electron chi connectivity index (χ2n) is 15.3. The van der Waals surface area contributed by atoms with Crippen molar-refractivity contribution in [2.45, 2.75) is 0 Å². The van der Waals surface area contributed by atoms with Gasteiger partial charge in [0.05, 0.1) is 22.1 Å². The van der Waals surface area contributed by atoms with Gasteiger partial charge in [-0.05, 0) is 102 Å². The number of aromatic nitrogens is 1. The Morgan fingerprint density at radius 1 is 0.373 bits per heavy atom. The second-order valence-corrected chi connectivity index (χ2v) is 16.4. The van der Waals surface area contributed by atoms with Crippen LogP contribution in [-0.4, -0.2) is 4.57 Å². The van der Waals surface area contributed by atoms with Crippen LogP contribution in [0.4, 0.5) is 17.1 Å². The van der Waals surface area contributed by atoms with Crippen molar-refractivity contribution in [2.24, 2.45) is 0 Å². The van der Waals surface area contributed by atoms with E-state index in [1.807, 2.05) is 23.5 Å². The van der Waals surface area contributed by atoms with Gasteiger partial charge in [-0.1, -0.05) is 97.1 Å². The molecule has 13 rings (SSSR count). The average molecular weight is 773 g/mol. The van der Waals surface area contributed by atoms with Crippen molar-refractivity contribution in [3.63, 3.8) is 0 Å². The number of para-hydroxylation sites is 3. The molecule has 0 aliphatic carbocycles. The van der Waals surface area contributed by atoms with Gasteiger partial charge in [0, 0.05) is 70.2 Å². The first kappa shape index (κ1) is 32.5. The van der Waals surface area contributed by atoms with E-state index in [4.69, 9.17) is 8.83 Å². The number of rotatable bonds is 5. The molecule has 0 unspecified atom stereocenters. The highest BCUT2D eigenvalue weighted by Crippen LogP contribution is 2.47. The number of nitrogens with zero attached hydrogens (tertiary/aromatic N) is 2. The summed E-state index contributed by atoms with van der Waals surface area (Å²) in [4.78, 5) is 2.37. The van der Waals surface area contributed by atoms with Crippen LogP contribution < -0.4 is 4.90 Å². The normalized spacial score (nSPS) is 12.1. The molecule has 9 aromatic carbocycles. The molecule has 0 amide bonds. The van der Waals surface area contributed by atoms with Crippen molar-refractivity contribution in [1.82, 2.24) is 4.57 Å². The largest absolute Gasteiger partial charge is 0.456 e. The summed E-state index contributed by atoms with van der Waals surface area (Å²) in [6.45, 7) is 0. The van der Waals surface area contributed by atoms with Gasteiger partial charge < -0.3 is 18.3 Å². The molecule has 0 saturated carbocycles. The molecule has 276 valence electrons. The van der Waals surface area contributed by atoms with Crippen molar-refractivity contribution < 1.29 is 8.83 Å². The molecular weight excluding hydrogens is 741 g/mol. The highest BCUT2D eigenvalue weighted by molar-refractivity contribution is 7.25. The van der Waals surface area contributed by atoms with Crippen molar-refractivity contribution in [1.29, 1.82) is 0 Å². The van der Waals surface area contributed by atoms with E-state index in [0.717, 1.165) is 77.8 Å². The molecule has 0 N–H and O–H groups in total. The third-order valence-corrected chi connectivity index (χ3v) is 13.1. The molecule has 0 atom stereocenters. The van der Waals surface area contributed by atoms with E-state index >= 15 is 0 Å². The lowest BCUT2D eigenvalue weighted by atomic mass is 10.00. The highest BCUT2D eigenvalue weighted by atomic mass is 32.1. The molecule has 0 bridgehead atoms. The van der Waals surface area contributed by atoms with E-state index in [0.29, 0.717) is 0 Å². The van der Waals surface area contributed by atoms with E-state index in [9.17, 15) is 0 Å². The molecule has 4 heterocycles. The molecule has 0 radical (unpaired) electrons. The van der Waals surface area contributed by atoms with E-state index in [-0.39, 0.29) is 0 Å². The zero-order valence-corrected chi connectivity index (χ0v) is 32.4. The van der Waals surface area contributed by atoms with E-state index < -0.39 is 0 Å². The molecular formula is C54H32N2O2S. The summed E-state index contributed by atoms with van der Waals surface area (Å²) in [5.41, 5.74) is 12.4. The number of hydrogen-bond acceptors (Lipinski definition) is 4. The Kier molecular flexibility index (Phi) is 6.85. The number of hydrogen-bond donors (Lipinski definition) is 0. The average Bonchev–Trinajstić information content (AvgIpc) is 4.05. The molecule has 59 heavy (non-hydrogen) atoms. The summed E-state index contributed by atoms with van der Waals surface area (Å²) >= 11 is 1.83. The SMILES string of the molecule is c1ccc(-n2c3ccccc3c3cc(-c4ccc5oc6cccc(N(c7ccc8c(c7)oc7ccccc78)c7ccc8c(c7)sc7ccccc78)c6c5c4)ccc32)cc1. The molecule has 0 saturated heterocycles. The Labute approximate surface area is 342 Å². The summed E-state index contributed by atoms with van der Waals surface area (Å²) in [5, 5.41) is 9.36. The number of anilines is 3. The maximum Gasteiger partial charge on any atom is 0.137 e. The molecule has 0 spiro atoms. The quantitative estimate of drug-likeness (QED) is 0.175. The van der Waals surface area contributed by atoms with Gasteiger partial charge in [-0.15, -0.1) is 11.3 Å². The summed E-state index contributed by atoms with van der Waals surface area (Å²) in [5.74, 6) is 0. The van der Waals surface area contributed by atoms with E-state index in [1.54, 1.807) is 0 Å². The molecule has 4 nitrogen and oxygen atoms in total. The van der Waals surface area contributed by atoms with Gasteiger partial charge in [-0.3, -0.25) is 0 Å². The summed E-state index contributed by atoms with van der Waals surface area (Å²) in [7, 11) is 0. The predicted molar refractivity (Wildman–Crippen MR) is 248 cm³/mol. The first-order valence-corrected chi connectivity index (χ1v) is 20.7. The summed E-state index contributed by atoms with van der Waals surface area (Å²) < 4.78 is 18.0. The monoisotopic (exact) mass is 772 g/mol. The van der Waals surface area contributed by atoms with Crippen LogP contribution in [0, 0.1) is 0 Å². The van der Waals surface area contributed by atoms with Gasteiger partial charge in [0.2, 0.25) is 0 Å². The fourth-order valence-corrected chi connectivity index (χ4v) is 10.5. The standard InChI is InChI=1S/C54H32N2O2S/c1-2-11-35(12-3-1)56-45-16-7-4-13-38(45)43-29-33(21-27-46(43)56)34-22-28-49-44(30-34)54-47(17-10-19-50(54)57-49)55(36-23-25-40-39-14-5-8-18-48(39)58-51(40)31-36)37-24-26-42-41-15-6-9-20-52(41)59-53(42)32-37/h1-32H. The molecule has 5 heteroatoms. The Hall–Kier alpha value is -7.60. The number of fused-ring (bicyclic) bond motifs is 12. The van der Waals surface area contributed by atoms with Crippen LogP contribution in [0.15, 0.2) is 203 Å². The Morgan fingerprint density at radius 3 is 1.90 bits per heavy atom. The summed E-state index contributed by atoms with van der Waals surface area (Å²) in [6, 6.07) is 69.5. The van der Waals surface area contributed by atoms with E-state index in [2.05, 4.69) is 191 Å². The number of thiophene rings is 1. The Morgan fingerprint density at radius 2 is 1.00 bits per heavy atom. The fraction of sp³-hybridized carbons (Fsp3) is 0. The molecule has 0 fully saturated rings. The van der Waals surface area contributed by atoms with Gasteiger partial charge in [-0.25, -0.2) is 0 Å². The topological polar surface area (TPSA) is 34.5 Å². The zero-order valence-electron chi connectivity index (χ0n) is 31.6. The first-order valence-electron chi connectivity index (χ1n) is 19.9. The van der Waals surface area contributed by atoms with E-state index in [1.165, 1.54) is 42.0 Å². The molecule has 13 aromatic rings. The van der Waals surface area contributed by atoms with Crippen LogP contribution in [0.5, 0.6) is 0 Å². The van der Waals surface area contributed by atoms with Crippen molar-refractivity contribution in [3.05, 3.63) is 194 Å². The van der Waals surface area contributed by atoms with Crippen LogP contribution >= 0.6 is 11.3 Å². The van der Waals surface area contributed by atoms with Gasteiger partial charge in [0.1, 0.15) is 22.3 Å². The number of benzene rings is 9. The van der Waals surface area contributed by atoms with Crippen molar-refractivity contribution >= 4 is 114 Å². The second kappa shape index (κ2) is 12.4. The Balaban J connectivity index is 1.02. The summed E-state index contributed by atoms with van der Waals surface area (Å²) in [6.07, 6.45) is 0.